The van der Waals surface area contributed by atoms with Crippen molar-refractivity contribution in [3.05, 3.63) is 42.1 Å². The number of nitrogens with zero attached hydrogens (tertiary/aromatic N) is 3. The SMILES string of the molecule is CCNC(=NCc1cccc2cccnc12)NC1CCN(C(=O)C(C)C)C1.I. The number of fused-ring (bicyclic) bond motifs is 1. The van der Waals surface area contributed by atoms with Crippen LogP contribution in [0.1, 0.15) is 32.8 Å². The molecule has 28 heavy (non-hydrogen) atoms. The molecule has 1 aromatic carbocycles. The van der Waals surface area contributed by atoms with E-state index in [1.807, 2.05) is 37.1 Å². The Morgan fingerprint density at radius 2 is 2.11 bits per heavy atom. The van der Waals surface area contributed by atoms with Gasteiger partial charge in [0.1, 0.15) is 0 Å². The number of rotatable bonds is 5. The van der Waals surface area contributed by atoms with E-state index in [-0.39, 0.29) is 41.8 Å². The van der Waals surface area contributed by atoms with E-state index in [1.54, 1.807) is 0 Å². The first kappa shape index (κ1) is 22.4. The number of amides is 1. The Balaban J connectivity index is 0.00000280. The van der Waals surface area contributed by atoms with Crippen LogP contribution in [-0.2, 0) is 11.3 Å². The van der Waals surface area contributed by atoms with E-state index in [2.05, 4.69) is 40.7 Å². The van der Waals surface area contributed by atoms with Crippen molar-refractivity contribution in [2.45, 2.75) is 39.8 Å². The molecule has 1 atom stereocenters. The molecule has 6 nitrogen and oxygen atoms in total. The van der Waals surface area contributed by atoms with E-state index in [0.29, 0.717) is 6.54 Å². The first-order chi connectivity index (χ1) is 13.1. The molecule has 0 aliphatic carbocycles. The lowest BCUT2D eigenvalue weighted by atomic mass is 10.1. The highest BCUT2D eigenvalue weighted by Crippen LogP contribution is 2.17. The minimum atomic E-state index is 0. The lowest BCUT2D eigenvalue weighted by Gasteiger charge is -2.20. The Labute approximate surface area is 184 Å². The Morgan fingerprint density at radius 3 is 2.86 bits per heavy atom. The predicted molar refractivity (Wildman–Crippen MR) is 125 cm³/mol. The van der Waals surface area contributed by atoms with Crippen LogP contribution in [0, 0.1) is 5.92 Å². The number of nitrogens with one attached hydrogen (secondary N) is 2. The van der Waals surface area contributed by atoms with Crippen molar-refractivity contribution in [3.8, 4) is 0 Å². The maximum absolute atomic E-state index is 12.2. The third kappa shape index (κ3) is 5.56. The van der Waals surface area contributed by atoms with E-state index in [0.717, 1.165) is 48.5 Å². The van der Waals surface area contributed by atoms with E-state index in [4.69, 9.17) is 4.99 Å². The topological polar surface area (TPSA) is 69.6 Å². The molecular formula is C21H30IN5O. The number of hydrogen-bond acceptors (Lipinski definition) is 3. The van der Waals surface area contributed by atoms with Crippen LogP contribution in [0.3, 0.4) is 0 Å². The van der Waals surface area contributed by atoms with Crippen LogP contribution in [0.4, 0.5) is 0 Å². The Morgan fingerprint density at radius 1 is 1.32 bits per heavy atom. The number of aromatic nitrogens is 1. The fourth-order valence-electron chi connectivity index (χ4n) is 3.42. The summed E-state index contributed by atoms with van der Waals surface area (Å²) in [5.74, 6) is 1.06. The molecule has 1 aliphatic heterocycles. The van der Waals surface area contributed by atoms with Crippen LogP contribution in [0.5, 0.6) is 0 Å². The zero-order chi connectivity index (χ0) is 19.2. The highest BCUT2D eigenvalue weighted by molar-refractivity contribution is 14.0. The monoisotopic (exact) mass is 495 g/mol. The molecule has 2 N–H and O–H groups in total. The molecule has 0 bridgehead atoms. The molecule has 0 spiro atoms. The van der Waals surface area contributed by atoms with Gasteiger partial charge in [-0.2, -0.15) is 0 Å². The second kappa shape index (κ2) is 10.6. The van der Waals surface area contributed by atoms with Gasteiger partial charge in [-0.05, 0) is 25.0 Å². The number of para-hydroxylation sites is 1. The number of hydrogen-bond donors (Lipinski definition) is 2. The van der Waals surface area contributed by atoms with Crippen LogP contribution < -0.4 is 10.6 Å². The molecular weight excluding hydrogens is 465 g/mol. The van der Waals surface area contributed by atoms with Crippen LogP contribution in [0.2, 0.25) is 0 Å². The largest absolute Gasteiger partial charge is 0.357 e. The van der Waals surface area contributed by atoms with E-state index < -0.39 is 0 Å². The number of halogens is 1. The van der Waals surface area contributed by atoms with Gasteiger partial charge in [-0.15, -0.1) is 24.0 Å². The maximum Gasteiger partial charge on any atom is 0.225 e. The van der Waals surface area contributed by atoms with Gasteiger partial charge < -0.3 is 15.5 Å². The fraction of sp³-hybridized carbons (Fsp3) is 0.476. The zero-order valence-corrected chi connectivity index (χ0v) is 19.1. The molecule has 3 rings (SSSR count). The van der Waals surface area contributed by atoms with Crippen molar-refractivity contribution in [1.82, 2.24) is 20.5 Å². The average molecular weight is 495 g/mol. The second-order valence-electron chi connectivity index (χ2n) is 7.26. The number of carbonyl (C=O) groups is 1. The van der Waals surface area contributed by atoms with E-state index in [1.165, 1.54) is 0 Å². The lowest BCUT2D eigenvalue weighted by Crippen LogP contribution is -2.45. The Kier molecular flexibility index (Phi) is 8.47. The van der Waals surface area contributed by atoms with Gasteiger partial charge in [0.2, 0.25) is 5.91 Å². The predicted octanol–water partition coefficient (Wildman–Crippen LogP) is 3.16. The van der Waals surface area contributed by atoms with Crippen molar-refractivity contribution >= 4 is 46.7 Å². The highest BCUT2D eigenvalue weighted by Gasteiger charge is 2.27. The van der Waals surface area contributed by atoms with Crippen molar-refractivity contribution in [1.29, 1.82) is 0 Å². The van der Waals surface area contributed by atoms with Crippen molar-refractivity contribution < 1.29 is 4.79 Å². The molecule has 1 unspecified atom stereocenters. The highest BCUT2D eigenvalue weighted by atomic mass is 127. The molecule has 1 fully saturated rings. The quantitative estimate of drug-likeness (QED) is 0.380. The molecule has 2 aromatic rings. The number of likely N-dealkylation sites (tertiary alicyclic amines) is 1. The summed E-state index contributed by atoms with van der Waals surface area (Å²) in [6.45, 7) is 8.85. The van der Waals surface area contributed by atoms with Crippen molar-refractivity contribution in [2.75, 3.05) is 19.6 Å². The number of guanidine groups is 1. The molecule has 1 amide bonds. The smallest absolute Gasteiger partial charge is 0.225 e. The molecule has 1 aliphatic rings. The zero-order valence-electron chi connectivity index (χ0n) is 16.8. The molecule has 7 heteroatoms. The number of pyridine rings is 1. The number of carbonyl (C=O) groups excluding carboxylic acids is 1. The van der Waals surface area contributed by atoms with Gasteiger partial charge >= 0.3 is 0 Å². The summed E-state index contributed by atoms with van der Waals surface area (Å²) in [6, 6.07) is 10.4. The number of aliphatic imine (C=N–C) groups is 1. The minimum absolute atomic E-state index is 0. The molecule has 0 saturated carbocycles. The van der Waals surface area contributed by atoms with Crippen LogP contribution >= 0.6 is 24.0 Å². The second-order valence-corrected chi connectivity index (χ2v) is 7.26. The summed E-state index contributed by atoms with van der Waals surface area (Å²) in [5, 5.41) is 7.92. The van der Waals surface area contributed by atoms with Gasteiger partial charge in [0.15, 0.2) is 5.96 Å². The summed E-state index contributed by atoms with van der Waals surface area (Å²) in [5.41, 5.74) is 2.10. The summed E-state index contributed by atoms with van der Waals surface area (Å²) in [6.07, 6.45) is 2.76. The van der Waals surface area contributed by atoms with Gasteiger partial charge in [0.25, 0.3) is 0 Å². The van der Waals surface area contributed by atoms with Gasteiger partial charge in [0, 0.05) is 43.2 Å². The van der Waals surface area contributed by atoms with Gasteiger partial charge in [-0.25, -0.2) is 4.99 Å². The Hall–Kier alpha value is -1.90. The van der Waals surface area contributed by atoms with Crippen LogP contribution in [-0.4, -0.2) is 47.4 Å². The summed E-state index contributed by atoms with van der Waals surface area (Å²) >= 11 is 0. The van der Waals surface area contributed by atoms with Gasteiger partial charge in [-0.1, -0.05) is 38.1 Å². The summed E-state index contributed by atoms with van der Waals surface area (Å²) < 4.78 is 0. The third-order valence-electron chi connectivity index (χ3n) is 4.80. The maximum atomic E-state index is 12.2. The third-order valence-corrected chi connectivity index (χ3v) is 4.80. The van der Waals surface area contributed by atoms with Gasteiger partial charge in [0.05, 0.1) is 12.1 Å². The number of benzene rings is 1. The molecule has 2 heterocycles. The van der Waals surface area contributed by atoms with Crippen molar-refractivity contribution in [2.24, 2.45) is 10.9 Å². The first-order valence-electron chi connectivity index (χ1n) is 9.74. The molecule has 1 aromatic heterocycles. The van der Waals surface area contributed by atoms with Crippen molar-refractivity contribution in [3.63, 3.8) is 0 Å². The molecule has 0 radical (unpaired) electrons. The van der Waals surface area contributed by atoms with Gasteiger partial charge in [-0.3, -0.25) is 9.78 Å². The van der Waals surface area contributed by atoms with Crippen LogP contribution in [0.25, 0.3) is 10.9 Å². The standard InChI is InChI=1S/C21H29N5O.HI/c1-4-22-21(25-18-10-12-26(14-18)20(27)15(2)3)24-13-17-8-5-7-16-9-6-11-23-19(16)17;/h5-9,11,15,18H,4,10,12-14H2,1-3H3,(H2,22,24,25);1H. The fourth-order valence-corrected chi connectivity index (χ4v) is 3.42. The molecule has 152 valence electrons. The minimum Gasteiger partial charge on any atom is -0.357 e. The molecule has 1 saturated heterocycles. The summed E-state index contributed by atoms with van der Waals surface area (Å²) in [7, 11) is 0. The first-order valence-corrected chi connectivity index (χ1v) is 9.74. The lowest BCUT2D eigenvalue weighted by molar-refractivity contribution is -0.133. The van der Waals surface area contributed by atoms with E-state index >= 15 is 0 Å². The normalized spacial score (nSPS) is 16.9. The average Bonchev–Trinajstić information content (AvgIpc) is 3.14. The Bertz CT molecular complexity index is 818. The van der Waals surface area contributed by atoms with E-state index in [9.17, 15) is 4.79 Å². The van der Waals surface area contributed by atoms with Crippen LogP contribution in [0.15, 0.2) is 41.5 Å². The summed E-state index contributed by atoms with van der Waals surface area (Å²) in [4.78, 5) is 23.4.